The minimum atomic E-state index is -0.0219. The van der Waals surface area contributed by atoms with Gasteiger partial charge in [0.05, 0.1) is 6.04 Å². The topological polar surface area (TPSA) is 32.3 Å². The highest BCUT2D eigenvalue weighted by atomic mass is 16.2. The van der Waals surface area contributed by atoms with E-state index in [1.807, 2.05) is 6.92 Å². The van der Waals surface area contributed by atoms with E-state index < -0.39 is 0 Å². The normalized spacial score (nSPS) is 25.0. The first kappa shape index (κ1) is 15.8. The first-order valence-corrected chi connectivity index (χ1v) is 8.73. The van der Waals surface area contributed by atoms with Gasteiger partial charge in [0.15, 0.2) is 0 Å². The van der Waals surface area contributed by atoms with E-state index in [0.29, 0.717) is 11.9 Å². The van der Waals surface area contributed by atoms with E-state index in [-0.39, 0.29) is 6.04 Å². The molecule has 1 aliphatic heterocycles. The molecule has 1 heterocycles. The molecule has 2 rings (SSSR count). The lowest BCUT2D eigenvalue weighted by atomic mass is 9.92. The average Bonchev–Trinajstić information content (AvgIpc) is 2.76. The highest BCUT2D eigenvalue weighted by molar-refractivity contribution is 5.81. The molecule has 1 unspecified atom stereocenters. The summed E-state index contributed by atoms with van der Waals surface area (Å²) >= 11 is 0. The molecule has 0 spiro atoms. The Morgan fingerprint density at radius 3 is 2.10 bits per heavy atom. The van der Waals surface area contributed by atoms with Gasteiger partial charge in [-0.2, -0.15) is 0 Å². The molecule has 0 bridgehead atoms. The molecule has 116 valence electrons. The number of carbonyl (C=O) groups is 1. The molecule has 3 nitrogen and oxygen atoms in total. The molecular formula is C17H32N2O. The maximum atomic E-state index is 12.4. The van der Waals surface area contributed by atoms with Crippen LogP contribution in [-0.2, 0) is 4.79 Å². The van der Waals surface area contributed by atoms with Crippen molar-refractivity contribution in [3.05, 3.63) is 0 Å². The van der Waals surface area contributed by atoms with Crippen molar-refractivity contribution in [1.29, 1.82) is 0 Å². The van der Waals surface area contributed by atoms with Gasteiger partial charge in [-0.05, 0) is 51.9 Å². The lowest BCUT2D eigenvalue weighted by molar-refractivity contribution is -0.134. The molecule has 2 aliphatic rings. The summed E-state index contributed by atoms with van der Waals surface area (Å²) in [5.74, 6) is 1.07. The van der Waals surface area contributed by atoms with Crippen LogP contribution in [0.25, 0.3) is 0 Å². The van der Waals surface area contributed by atoms with Crippen molar-refractivity contribution < 1.29 is 4.79 Å². The van der Waals surface area contributed by atoms with Crippen molar-refractivity contribution >= 4 is 5.91 Å². The molecule has 2 fully saturated rings. The number of nitrogens with one attached hydrogen (secondary N) is 1. The van der Waals surface area contributed by atoms with Gasteiger partial charge in [-0.3, -0.25) is 4.79 Å². The monoisotopic (exact) mass is 280 g/mol. The number of nitrogens with zero attached hydrogens (tertiary/aromatic N) is 1. The van der Waals surface area contributed by atoms with Gasteiger partial charge in [-0.25, -0.2) is 0 Å². The second-order valence-corrected chi connectivity index (χ2v) is 6.81. The number of likely N-dealkylation sites (tertiary alicyclic amines) is 1. The fourth-order valence-electron chi connectivity index (χ4n) is 3.80. The molecule has 1 saturated carbocycles. The first-order chi connectivity index (χ1) is 9.68. The van der Waals surface area contributed by atoms with Crippen LogP contribution in [0.4, 0.5) is 0 Å². The molecule has 2 atom stereocenters. The average molecular weight is 280 g/mol. The van der Waals surface area contributed by atoms with E-state index in [1.165, 1.54) is 57.8 Å². The molecule has 0 aromatic rings. The molecule has 0 aromatic carbocycles. The van der Waals surface area contributed by atoms with Crippen molar-refractivity contribution in [1.82, 2.24) is 10.2 Å². The third-order valence-corrected chi connectivity index (χ3v) is 5.16. The highest BCUT2D eigenvalue weighted by Crippen LogP contribution is 2.25. The zero-order valence-electron chi connectivity index (χ0n) is 13.4. The Labute approximate surface area is 124 Å². The Hall–Kier alpha value is -0.570. The van der Waals surface area contributed by atoms with Gasteiger partial charge in [0.2, 0.25) is 5.91 Å². The van der Waals surface area contributed by atoms with Gasteiger partial charge in [-0.15, -0.1) is 0 Å². The van der Waals surface area contributed by atoms with Gasteiger partial charge in [-0.1, -0.05) is 25.7 Å². The summed E-state index contributed by atoms with van der Waals surface area (Å²) < 4.78 is 0. The van der Waals surface area contributed by atoms with Crippen LogP contribution < -0.4 is 5.32 Å². The van der Waals surface area contributed by atoms with Crippen LogP contribution in [0.5, 0.6) is 0 Å². The highest BCUT2D eigenvalue weighted by Gasteiger charge is 2.26. The van der Waals surface area contributed by atoms with Gasteiger partial charge >= 0.3 is 0 Å². The minimum absolute atomic E-state index is 0.0219. The van der Waals surface area contributed by atoms with Gasteiger partial charge < -0.3 is 10.2 Å². The predicted octanol–water partition coefficient (Wildman–Crippen LogP) is 3.34. The van der Waals surface area contributed by atoms with E-state index in [0.717, 1.165) is 19.0 Å². The smallest absolute Gasteiger partial charge is 0.239 e. The fourth-order valence-corrected chi connectivity index (χ4v) is 3.80. The van der Waals surface area contributed by atoms with Crippen LogP contribution >= 0.6 is 0 Å². The number of hydrogen-bond acceptors (Lipinski definition) is 2. The van der Waals surface area contributed by atoms with Gasteiger partial charge in [0.25, 0.3) is 0 Å². The van der Waals surface area contributed by atoms with Crippen LogP contribution in [-0.4, -0.2) is 36.0 Å². The molecule has 3 heteroatoms. The molecule has 1 aliphatic carbocycles. The van der Waals surface area contributed by atoms with Crippen molar-refractivity contribution in [2.45, 2.75) is 83.7 Å². The maximum Gasteiger partial charge on any atom is 0.239 e. The molecule has 0 radical (unpaired) electrons. The molecule has 1 saturated heterocycles. The maximum absolute atomic E-state index is 12.4. The third-order valence-electron chi connectivity index (χ3n) is 5.16. The summed E-state index contributed by atoms with van der Waals surface area (Å²) in [6.45, 7) is 6.24. The molecule has 20 heavy (non-hydrogen) atoms. The quantitative estimate of drug-likeness (QED) is 0.801. The molecule has 1 amide bonds. The largest absolute Gasteiger partial charge is 0.341 e. The van der Waals surface area contributed by atoms with Crippen LogP contribution in [0, 0.1) is 5.92 Å². The van der Waals surface area contributed by atoms with E-state index in [9.17, 15) is 4.79 Å². The lowest BCUT2D eigenvalue weighted by Crippen LogP contribution is -2.50. The summed E-state index contributed by atoms with van der Waals surface area (Å²) in [6.07, 6.45) is 11.8. The SMILES string of the molecule is CC(N[C@@H](C)C1CCCCCC1)C(=O)N1CCCCC1. The molecule has 1 N–H and O–H groups in total. The van der Waals surface area contributed by atoms with Crippen LogP contribution in [0.1, 0.15) is 71.6 Å². The number of piperidine rings is 1. The minimum Gasteiger partial charge on any atom is -0.341 e. The van der Waals surface area contributed by atoms with Gasteiger partial charge in [0, 0.05) is 19.1 Å². The zero-order valence-corrected chi connectivity index (χ0v) is 13.4. The Balaban J connectivity index is 1.79. The fraction of sp³-hybridized carbons (Fsp3) is 0.941. The summed E-state index contributed by atoms with van der Waals surface area (Å²) in [5, 5.41) is 3.58. The van der Waals surface area contributed by atoms with Crippen molar-refractivity contribution in [2.75, 3.05) is 13.1 Å². The first-order valence-electron chi connectivity index (χ1n) is 8.73. The number of carbonyl (C=O) groups excluding carboxylic acids is 1. The van der Waals surface area contributed by atoms with Crippen LogP contribution in [0.2, 0.25) is 0 Å². The van der Waals surface area contributed by atoms with E-state index in [1.54, 1.807) is 0 Å². The Morgan fingerprint density at radius 2 is 1.50 bits per heavy atom. The number of amides is 1. The van der Waals surface area contributed by atoms with Crippen LogP contribution in [0.15, 0.2) is 0 Å². The van der Waals surface area contributed by atoms with Crippen LogP contribution in [0.3, 0.4) is 0 Å². The van der Waals surface area contributed by atoms with E-state index >= 15 is 0 Å². The second kappa shape index (κ2) is 8.02. The Morgan fingerprint density at radius 1 is 0.950 bits per heavy atom. The summed E-state index contributed by atoms with van der Waals surface area (Å²) in [4.78, 5) is 14.5. The van der Waals surface area contributed by atoms with E-state index in [2.05, 4.69) is 17.1 Å². The summed E-state index contributed by atoms with van der Waals surface area (Å²) in [6, 6.07) is 0.447. The van der Waals surface area contributed by atoms with Crippen molar-refractivity contribution in [3.8, 4) is 0 Å². The summed E-state index contributed by atoms with van der Waals surface area (Å²) in [7, 11) is 0. The molecule has 0 aromatic heterocycles. The summed E-state index contributed by atoms with van der Waals surface area (Å²) in [5.41, 5.74) is 0. The van der Waals surface area contributed by atoms with E-state index in [4.69, 9.17) is 0 Å². The third kappa shape index (κ3) is 4.47. The predicted molar refractivity (Wildman–Crippen MR) is 83.7 cm³/mol. The molecular weight excluding hydrogens is 248 g/mol. The van der Waals surface area contributed by atoms with Crippen molar-refractivity contribution in [2.24, 2.45) is 5.92 Å². The second-order valence-electron chi connectivity index (χ2n) is 6.81. The van der Waals surface area contributed by atoms with Crippen molar-refractivity contribution in [3.63, 3.8) is 0 Å². The number of hydrogen-bond donors (Lipinski definition) is 1. The lowest BCUT2D eigenvalue weighted by Gasteiger charge is -2.32. The standard InChI is InChI=1S/C17H32N2O/c1-14(16-10-6-3-4-7-11-16)18-15(2)17(20)19-12-8-5-9-13-19/h14-16,18H,3-13H2,1-2H3/t14-,15?/m0/s1. The Kier molecular flexibility index (Phi) is 6.34. The van der Waals surface area contributed by atoms with Gasteiger partial charge in [0.1, 0.15) is 0 Å². The Bertz CT molecular complexity index is 291. The number of rotatable bonds is 4. The zero-order chi connectivity index (χ0) is 14.4.